The molecule has 0 aliphatic heterocycles. The number of carbonyl (C=O) groups excluding carboxylic acids is 3. The van der Waals surface area contributed by atoms with Crippen molar-refractivity contribution < 1.29 is 39.3 Å². The van der Waals surface area contributed by atoms with Crippen molar-refractivity contribution in [2.45, 2.75) is 75.5 Å². The van der Waals surface area contributed by atoms with Crippen LogP contribution >= 0.6 is 0 Å². The maximum Gasteiger partial charge on any atom is 0.326 e. The van der Waals surface area contributed by atoms with Crippen molar-refractivity contribution >= 4 is 29.7 Å². The molecule has 34 heavy (non-hydrogen) atoms. The first-order chi connectivity index (χ1) is 16.1. The Hall–Kier alpha value is -2.81. The number of rotatable bonds is 19. The highest BCUT2D eigenvalue weighted by Crippen LogP contribution is 2.06. The van der Waals surface area contributed by atoms with E-state index in [-0.39, 0.29) is 25.7 Å². The number of aliphatic hydroxyl groups excluding tert-OH is 1. The minimum atomic E-state index is -1.45. The highest BCUT2D eigenvalue weighted by atomic mass is 16.4. The lowest BCUT2D eigenvalue weighted by molar-refractivity contribution is -0.142. The molecular formula is C20H38N6O8. The van der Waals surface area contributed by atoms with Gasteiger partial charge in [-0.2, -0.15) is 0 Å². The van der Waals surface area contributed by atoms with Crippen molar-refractivity contribution in [2.24, 2.45) is 17.2 Å². The fraction of sp³-hybridized carbons (Fsp3) is 0.750. The second-order valence-corrected chi connectivity index (χ2v) is 7.81. The molecule has 0 rings (SSSR count). The summed E-state index contributed by atoms with van der Waals surface area (Å²) in [4.78, 5) is 59.6. The molecule has 0 saturated carbocycles. The van der Waals surface area contributed by atoms with Gasteiger partial charge in [-0.1, -0.05) is 0 Å². The fourth-order valence-corrected chi connectivity index (χ4v) is 2.94. The van der Waals surface area contributed by atoms with Crippen molar-refractivity contribution in [3.8, 4) is 0 Å². The number of hydrogen-bond acceptors (Lipinski definition) is 9. The zero-order valence-corrected chi connectivity index (χ0v) is 19.2. The minimum Gasteiger partial charge on any atom is -0.481 e. The third-order valence-electron chi connectivity index (χ3n) is 4.96. The van der Waals surface area contributed by atoms with Gasteiger partial charge in [0, 0.05) is 6.42 Å². The fourth-order valence-electron chi connectivity index (χ4n) is 2.94. The van der Waals surface area contributed by atoms with Crippen LogP contribution in [0.3, 0.4) is 0 Å². The quantitative estimate of drug-likeness (QED) is 0.0822. The van der Waals surface area contributed by atoms with Gasteiger partial charge in [-0.15, -0.1) is 0 Å². The molecule has 0 aromatic rings. The average molecular weight is 491 g/mol. The van der Waals surface area contributed by atoms with Crippen molar-refractivity contribution in [1.29, 1.82) is 0 Å². The van der Waals surface area contributed by atoms with Gasteiger partial charge in [0.1, 0.15) is 18.1 Å². The molecule has 0 spiro atoms. The number of carbonyl (C=O) groups is 5. The van der Waals surface area contributed by atoms with Crippen LogP contribution in [0.2, 0.25) is 0 Å². The smallest absolute Gasteiger partial charge is 0.326 e. The van der Waals surface area contributed by atoms with Gasteiger partial charge >= 0.3 is 11.9 Å². The Morgan fingerprint density at radius 2 is 1.15 bits per heavy atom. The van der Waals surface area contributed by atoms with Crippen molar-refractivity contribution in [2.75, 3.05) is 19.7 Å². The maximum absolute atomic E-state index is 12.7. The average Bonchev–Trinajstić information content (AvgIpc) is 2.79. The Bertz CT molecular complexity index is 677. The van der Waals surface area contributed by atoms with Gasteiger partial charge in [-0.25, -0.2) is 4.79 Å². The molecule has 4 unspecified atom stereocenters. The molecule has 14 nitrogen and oxygen atoms in total. The van der Waals surface area contributed by atoms with Gasteiger partial charge in [-0.3, -0.25) is 19.2 Å². The summed E-state index contributed by atoms with van der Waals surface area (Å²) in [5.74, 6) is -4.83. The summed E-state index contributed by atoms with van der Waals surface area (Å²) < 4.78 is 0. The van der Waals surface area contributed by atoms with E-state index < -0.39 is 60.4 Å². The summed E-state index contributed by atoms with van der Waals surface area (Å²) in [6.07, 6.45) is 1.85. The number of carboxylic acid groups (broad SMARTS) is 2. The van der Waals surface area contributed by atoms with Crippen LogP contribution in [0.15, 0.2) is 0 Å². The zero-order valence-electron chi connectivity index (χ0n) is 19.2. The first-order valence-electron chi connectivity index (χ1n) is 11.2. The molecular weight excluding hydrogens is 452 g/mol. The number of carboxylic acids is 2. The third kappa shape index (κ3) is 13.0. The van der Waals surface area contributed by atoms with E-state index in [4.69, 9.17) is 22.3 Å². The number of nitrogens with one attached hydrogen (secondary N) is 3. The van der Waals surface area contributed by atoms with Crippen LogP contribution in [0, 0.1) is 0 Å². The number of hydrogen-bond donors (Lipinski definition) is 9. The molecule has 196 valence electrons. The van der Waals surface area contributed by atoms with Crippen LogP contribution in [0.5, 0.6) is 0 Å². The van der Waals surface area contributed by atoms with E-state index in [1.807, 2.05) is 0 Å². The summed E-state index contributed by atoms with van der Waals surface area (Å²) in [6.45, 7) is -0.0772. The predicted molar refractivity (Wildman–Crippen MR) is 121 cm³/mol. The number of amides is 3. The molecule has 0 bridgehead atoms. The molecule has 0 aromatic heterocycles. The lowest BCUT2D eigenvalue weighted by atomic mass is 10.1. The minimum absolute atomic E-state index is 0.147. The normalized spacial score (nSPS) is 14.4. The third-order valence-corrected chi connectivity index (χ3v) is 4.96. The zero-order chi connectivity index (χ0) is 26.1. The molecule has 0 aliphatic rings. The van der Waals surface area contributed by atoms with E-state index >= 15 is 0 Å². The molecule has 0 radical (unpaired) electrons. The Morgan fingerprint density at radius 1 is 0.676 bits per heavy atom. The molecule has 0 saturated heterocycles. The van der Waals surface area contributed by atoms with Gasteiger partial charge in [0.15, 0.2) is 0 Å². The van der Waals surface area contributed by atoms with Crippen LogP contribution in [-0.4, -0.2) is 88.8 Å². The molecule has 0 aliphatic carbocycles. The topological polar surface area (TPSA) is 260 Å². The summed E-state index contributed by atoms with van der Waals surface area (Å²) in [5.41, 5.74) is 16.5. The second-order valence-electron chi connectivity index (χ2n) is 7.81. The van der Waals surface area contributed by atoms with Crippen molar-refractivity contribution in [3.63, 3.8) is 0 Å². The van der Waals surface area contributed by atoms with Crippen molar-refractivity contribution in [3.05, 3.63) is 0 Å². The number of aliphatic hydroxyl groups is 1. The van der Waals surface area contributed by atoms with Crippen LogP contribution < -0.4 is 33.2 Å². The Labute approximate surface area is 198 Å². The molecule has 0 aromatic carbocycles. The second kappa shape index (κ2) is 17.6. The van der Waals surface area contributed by atoms with E-state index in [9.17, 15) is 34.2 Å². The molecule has 4 atom stereocenters. The van der Waals surface area contributed by atoms with Crippen LogP contribution in [-0.2, 0) is 24.0 Å². The van der Waals surface area contributed by atoms with Crippen LogP contribution in [0.4, 0.5) is 0 Å². The largest absolute Gasteiger partial charge is 0.481 e. The van der Waals surface area contributed by atoms with E-state index in [2.05, 4.69) is 16.0 Å². The van der Waals surface area contributed by atoms with E-state index in [0.717, 1.165) is 0 Å². The van der Waals surface area contributed by atoms with Crippen molar-refractivity contribution in [1.82, 2.24) is 16.0 Å². The predicted octanol–water partition coefficient (Wildman–Crippen LogP) is -3.03. The van der Waals surface area contributed by atoms with Gasteiger partial charge < -0.3 is 48.5 Å². The number of aliphatic carboxylic acids is 2. The summed E-state index contributed by atoms with van der Waals surface area (Å²) in [7, 11) is 0. The Balaban J connectivity index is 5.21. The molecule has 0 heterocycles. The molecule has 0 fully saturated rings. The van der Waals surface area contributed by atoms with Gasteiger partial charge in [0.2, 0.25) is 17.7 Å². The summed E-state index contributed by atoms with van der Waals surface area (Å²) in [5, 5.41) is 34.6. The van der Waals surface area contributed by atoms with Gasteiger partial charge in [-0.05, 0) is 58.0 Å². The molecule has 3 amide bonds. The molecule has 12 N–H and O–H groups in total. The van der Waals surface area contributed by atoms with Crippen LogP contribution in [0.1, 0.15) is 51.4 Å². The Kier molecular flexibility index (Phi) is 16.2. The van der Waals surface area contributed by atoms with Crippen LogP contribution in [0.25, 0.3) is 0 Å². The highest BCUT2D eigenvalue weighted by Gasteiger charge is 2.29. The van der Waals surface area contributed by atoms with Gasteiger partial charge in [0.25, 0.3) is 0 Å². The van der Waals surface area contributed by atoms with E-state index in [1.165, 1.54) is 0 Å². The standard InChI is InChI=1S/C20H38N6O8/c21-9-3-1-5-13(18(31)25-14(20(33)34)6-2-4-10-22)24-19(32)15(11-27)26-17(30)12(23)7-8-16(28)29/h12-15,27H,1-11,21-23H2,(H,24,32)(H,25,31)(H,26,30)(H,28,29)(H,33,34). The monoisotopic (exact) mass is 490 g/mol. The summed E-state index contributed by atoms with van der Waals surface area (Å²) in [6, 6.07) is -4.98. The number of nitrogens with two attached hydrogens (primary N) is 3. The van der Waals surface area contributed by atoms with E-state index in [0.29, 0.717) is 38.8 Å². The first kappa shape index (κ1) is 31.2. The first-order valence-corrected chi connectivity index (χ1v) is 11.2. The number of unbranched alkanes of at least 4 members (excludes halogenated alkanes) is 2. The lowest BCUT2D eigenvalue weighted by Crippen LogP contribution is -2.58. The van der Waals surface area contributed by atoms with Gasteiger partial charge in [0.05, 0.1) is 12.6 Å². The lowest BCUT2D eigenvalue weighted by Gasteiger charge is -2.24. The molecule has 14 heteroatoms. The Morgan fingerprint density at radius 3 is 1.62 bits per heavy atom. The van der Waals surface area contributed by atoms with E-state index in [1.54, 1.807) is 0 Å². The summed E-state index contributed by atoms with van der Waals surface area (Å²) >= 11 is 0. The SMILES string of the molecule is NCCCCC(NC(=O)C(CCCCN)NC(=O)C(CO)NC(=O)C(N)CCC(=O)O)C(=O)O. The maximum atomic E-state index is 12.7. The highest BCUT2D eigenvalue weighted by molar-refractivity contribution is 5.94.